The Bertz CT molecular complexity index is 1700. The first-order valence-corrected chi connectivity index (χ1v) is 17.3. The van der Waals surface area contributed by atoms with Crippen molar-refractivity contribution < 1.29 is 34.2 Å². The van der Waals surface area contributed by atoms with Gasteiger partial charge in [0, 0.05) is 50.1 Å². The van der Waals surface area contributed by atoms with Gasteiger partial charge in [-0.3, -0.25) is 24.6 Å². The molecular formula is C36H49N7O7S. The average Bonchev–Trinajstić information content (AvgIpc) is 3.41. The molecule has 1 atom stereocenters. The number of carboxylic acid groups (broad SMARTS) is 2. The third kappa shape index (κ3) is 10.9. The quantitative estimate of drug-likeness (QED) is 0.111. The summed E-state index contributed by atoms with van der Waals surface area (Å²) in [7, 11) is 1.71. The number of anilines is 2. The number of rotatable bonds is 14. The van der Waals surface area contributed by atoms with Crippen LogP contribution in [0.1, 0.15) is 81.4 Å². The second-order valence-corrected chi connectivity index (χ2v) is 15.2. The van der Waals surface area contributed by atoms with Crippen LogP contribution in [0.3, 0.4) is 0 Å². The molecule has 0 aliphatic carbocycles. The molecule has 0 saturated heterocycles. The minimum atomic E-state index is -1.75. The Balaban J connectivity index is 1.75. The van der Waals surface area contributed by atoms with Crippen molar-refractivity contribution in [1.29, 1.82) is 0 Å². The number of carbonyl (C=O) groups excluding carboxylic acids is 3. The average molecular weight is 724 g/mol. The summed E-state index contributed by atoms with van der Waals surface area (Å²) in [5.74, 6) is -2.60. The van der Waals surface area contributed by atoms with Crippen LogP contribution in [0.25, 0.3) is 0 Å². The lowest BCUT2D eigenvalue weighted by Gasteiger charge is -2.55. The highest BCUT2D eigenvalue weighted by molar-refractivity contribution is 7.17. The van der Waals surface area contributed by atoms with Crippen molar-refractivity contribution in [3.63, 3.8) is 0 Å². The molecule has 3 aromatic rings. The van der Waals surface area contributed by atoms with Crippen LogP contribution in [0.4, 0.5) is 20.4 Å². The Morgan fingerprint density at radius 1 is 0.863 bits per heavy atom. The number of aromatic nitrogens is 1. The molecule has 51 heavy (non-hydrogen) atoms. The first-order valence-electron chi connectivity index (χ1n) is 16.5. The summed E-state index contributed by atoms with van der Waals surface area (Å²) in [4.78, 5) is 69.8. The fraction of sp³-hybridized carbons (Fsp3) is 0.444. The van der Waals surface area contributed by atoms with Crippen molar-refractivity contribution >= 4 is 52.1 Å². The number of amides is 5. The second-order valence-electron chi connectivity index (χ2n) is 14.2. The minimum Gasteiger partial charge on any atom is -0.465 e. The van der Waals surface area contributed by atoms with Crippen LogP contribution in [0.5, 0.6) is 0 Å². The van der Waals surface area contributed by atoms with Gasteiger partial charge in [-0.2, -0.15) is 0 Å². The lowest BCUT2D eigenvalue weighted by atomic mass is 9.82. The first kappa shape index (κ1) is 40.3. The minimum absolute atomic E-state index is 0.112. The summed E-state index contributed by atoms with van der Waals surface area (Å²) in [5.41, 5.74) is 0.886. The van der Waals surface area contributed by atoms with Crippen LogP contribution in [0.15, 0.2) is 54.6 Å². The summed E-state index contributed by atoms with van der Waals surface area (Å²) in [6.07, 6.45) is -1.77. The number of benzene rings is 2. The molecular weight excluding hydrogens is 675 g/mol. The molecule has 276 valence electrons. The third-order valence-corrected chi connectivity index (χ3v) is 9.01. The van der Waals surface area contributed by atoms with Crippen molar-refractivity contribution in [2.45, 2.75) is 85.6 Å². The Labute approximate surface area is 302 Å². The van der Waals surface area contributed by atoms with Crippen molar-refractivity contribution in [3.8, 4) is 0 Å². The number of nitrogens with zero attached hydrogens (tertiary/aromatic N) is 3. The molecule has 14 nitrogen and oxygen atoms in total. The summed E-state index contributed by atoms with van der Waals surface area (Å²) >= 11 is 1.05. The number of hydrogen-bond donors (Lipinski definition) is 6. The van der Waals surface area contributed by atoms with Gasteiger partial charge in [-0.05, 0) is 56.9 Å². The number of carbonyl (C=O) groups is 5. The van der Waals surface area contributed by atoms with Gasteiger partial charge in [-0.25, -0.2) is 14.6 Å². The number of nitrogens with one attached hydrogen (secondary N) is 4. The second kappa shape index (κ2) is 16.7. The smallest absolute Gasteiger partial charge is 0.411 e. The van der Waals surface area contributed by atoms with Gasteiger partial charge in [-0.15, -0.1) is 0 Å². The largest absolute Gasteiger partial charge is 0.465 e. The fourth-order valence-corrected chi connectivity index (χ4v) is 6.54. The van der Waals surface area contributed by atoms with Crippen LogP contribution in [-0.4, -0.2) is 79.8 Å². The van der Waals surface area contributed by atoms with E-state index in [0.29, 0.717) is 35.6 Å². The zero-order valence-electron chi connectivity index (χ0n) is 30.4. The van der Waals surface area contributed by atoms with Crippen LogP contribution in [0, 0.1) is 5.41 Å². The van der Waals surface area contributed by atoms with Crippen molar-refractivity contribution in [2.75, 3.05) is 24.2 Å². The highest BCUT2D eigenvalue weighted by atomic mass is 32.1. The third-order valence-electron chi connectivity index (χ3n) is 8.00. The topological polar surface area (TPSA) is 193 Å². The van der Waals surface area contributed by atoms with Crippen molar-refractivity contribution in [1.82, 2.24) is 25.4 Å². The molecule has 6 N–H and O–H groups in total. The van der Waals surface area contributed by atoms with Gasteiger partial charge < -0.3 is 31.1 Å². The predicted octanol–water partition coefficient (Wildman–Crippen LogP) is 5.82. The first-order chi connectivity index (χ1) is 23.7. The Kier molecular flexibility index (Phi) is 13.2. The van der Waals surface area contributed by atoms with Crippen LogP contribution < -0.4 is 21.3 Å². The van der Waals surface area contributed by atoms with E-state index in [1.807, 2.05) is 42.5 Å². The van der Waals surface area contributed by atoms with E-state index in [0.717, 1.165) is 27.4 Å². The van der Waals surface area contributed by atoms with Crippen molar-refractivity contribution in [3.05, 3.63) is 76.3 Å². The Hall–Kier alpha value is -5.18. The highest BCUT2D eigenvalue weighted by Crippen LogP contribution is 2.39. The molecule has 1 unspecified atom stereocenters. The molecule has 1 heterocycles. The van der Waals surface area contributed by atoms with Gasteiger partial charge in [0.05, 0.1) is 5.69 Å². The van der Waals surface area contributed by atoms with Gasteiger partial charge in [0.15, 0.2) is 5.13 Å². The van der Waals surface area contributed by atoms with Gasteiger partial charge in [0.25, 0.3) is 5.91 Å². The Morgan fingerprint density at radius 3 is 2.02 bits per heavy atom. The van der Waals surface area contributed by atoms with E-state index in [9.17, 15) is 34.2 Å². The van der Waals surface area contributed by atoms with Gasteiger partial charge in [0.1, 0.15) is 4.88 Å². The molecule has 0 spiro atoms. The van der Waals surface area contributed by atoms with Crippen molar-refractivity contribution in [2.24, 2.45) is 5.41 Å². The molecule has 3 rings (SSSR count). The highest BCUT2D eigenvalue weighted by Gasteiger charge is 2.54. The van der Waals surface area contributed by atoms with E-state index in [-0.39, 0.29) is 29.9 Å². The molecule has 1 aromatic heterocycles. The van der Waals surface area contributed by atoms with Gasteiger partial charge >= 0.3 is 12.2 Å². The Morgan fingerprint density at radius 2 is 1.49 bits per heavy atom. The maximum absolute atomic E-state index is 13.2. The normalized spacial score (nSPS) is 12.6. The molecule has 0 saturated carbocycles. The fourth-order valence-electron chi connectivity index (χ4n) is 5.57. The van der Waals surface area contributed by atoms with Crippen LogP contribution >= 0.6 is 11.3 Å². The molecule has 2 aromatic carbocycles. The zero-order chi connectivity index (χ0) is 38.1. The predicted molar refractivity (Wildman–Crippen MR) is 197 cm³/mol. The maximum Gasteiger partial charge on any atom is 0.411 e. The number of thiazole rings is 1. The monoisotopic (exact) mass is 723 g/mol. The SMILES string of the molecule is CC(=O)Nc1nc(CCc2ccc(NC(NC(=O)O)(N(C(=O)O)C(C)(C)C)C(C)(C)C)cc2)c(C(=O)NCCC(=O)N(C)Cc2ccccc2)s1. The van der Waals surface area contributed by atoms with E-state index in [1.54, 1.807) is 65.6 Å². The molecule has 5 amide bonds. The van der Waals surface area contributed by atoms with Crippen LogP contribution in [-0.2, 0) is 29.0 Å². The molecule has 0 radical (unpaired) electrons. The number of hydrogen-bond acceptors (Lipinski definition) is 8. The summed E-state index contributed by atoms with van der Waals surface area (Å²) in [5, 5.41) is 31.4. The maximum atomic E-state index is 13.2. The standard InChI is InChI=1S/C36H49N7O7S/c1-23(44)38-31-39-27(29(51-31)30(46)37-21-20-28(45)42(8)22-25-12-10-9-11-13-25)19-16-24-14-17-26(18-15-24)40-36(34(2,3)4,41-32(47)48)43(33(49)50)35(5,6)7/h9-15,17-18,40-41H,16,19-22H2,1-8H3,(H,37,46)(H,47,48)(H,49,50)(H,38,39,44). The van der Waals surface area contributed by atoms with E-state index < -0.39 is 34.8 Å². The molecule has 0 aliphatic heterocycles. The van der Waals surface area contributed by atoms with E-state index in [4.69, 9.17) is 0 Å². The van der Waals surface area contributed by atoms with E-state index in [2.05, 4.69) is 26.3 Å². The number of aryl methyl sites for hydroxylation is 2. The van der Waals surface area contributed by atoms with E-state index in [1.165, 1.54) is 6.92 Å². The molecule has 15 heteroatoms. The molecule has 0 fully saturated rings. The van der Waals surface area contributed by atoms with Gasteiger partial charge in [-0.1, -0.05) is 74.6 Å². The van der Waals surface area contributed by atoms with Gasteiger partial charge in [0.2, 0.25) is 17.6 Å². The summed E-state index contributed by atoms with van der Waals surface area (Å²) in [6.45, 7) is 12.2. The lowest BCUT2D eigenvalue weighted by molar-refractivity contribution is -0.130. The van der Waals surface area contributed by atoms with Crippen LogP contribution in [0.2, 0.25) is 0 Å². The lowest BCUT2D eigenvalue weighted by Crippen LogP contribution is -2.76. The summed E-state index contributed by atoms with van der Waals surface area (Å²) in [6, 6.07) is 16.7. The zero-order valence-corrected chi connectivity index (χ0v) is 31.2. The summed E-state index contributed by atoms with van der Waals surface area (Å²) < 4.78 is 0. The molecule has 0 bridgehead atoms. The molecule has 0 aliphatic rings. The van der Waals surface area contributed by atoms with E-state index >= 15 is 0 Å².